The van der Waals surface area contributed by atoms with Crippen molar-refractivity contribution >= 4 is 23.5 Å². The average Bonchev–Trinajstić information content (AvgIpc) is 2.80. The molecule has 2 aromatic rings. The number of anilines is 1. The molecule has 6 heteroatoms. The smallest absolute Gasteiger partial charge is 0.405 e. The first kappa shape index (κ1) is 20.2. The number of aryl methyl sites for hydroxylation is 2. The maximum Gasteiger partial charge on any atom is 0.405 e. The van der Waals surface area contributed by atoms with Gasteiger partial charge in [-0.3, -0.25) is 4.79 Å². The molecule has 6 nitrogen and oxygen atoms in total. The van der Waals surface area contributed by atoms with Gasteiger partial charge < -0.3 is 20.5 Å². The molecule has 0 saturated carbocycles. The molecule has 0 fully saturated rings. The summed E-state index contributed by atoms with van der Waals surface area (Å²) in [6, 6.07) is 16.9. The number of para-hydroxylation sites is 1. The lowest BCUT2D eigenvalue weighted by atomic mass is 10.1. The molecule has 0 unspecified atom stereocenters. The molecule has 1 heterocycles. The van der Waals surface area contributed by atoms with Crippen molar-refractivity contribution in [1.82, 2.24) is 5.32 Å². The van der Waals surface area contributed by atoms with Gasteiger partial charge in [-0.25, -0.2) is 4.79 Å². The summed E-state index contributed by atoms with van der Waals surface area (Å²) in [7, 11) is 0. The van der Waals surface area contributed by atoms with Crippen LogP contribution in [0.2, 0.25) is 0 Å². The third-order valence-corrected chi connectivity index (χ3v) is 4.20. The molecule has 3 N–H and O–H groups in total. The Morgan fingerprint density at radius 3 is 2.44 bits per heavy atom. The van der Waals surface area contributed by atoms with Crippen LogP contribution in [0.4, 0.5) is 10.5 Å². The Morgan fingerprint density at radius 1 is 1.11 bits per heavy atom. The third kappa shape index (κ3) is 6.93. The number of amides is 2. The molecule has 0 bridgehead atoms. The minimum absolute atomic E-state index is 0.258. The van der Waals surface area contributed by atoms with E-state index in [4.69, 9.17) is 5.11 Å². The summed E-state index contributed by atoms with van der Waals surface area (Å²) in [5, 5.41) is 13.5. The summed E-state index contributed by atoms with van der Waals surface area (Å²) in [4.78, 5) is 32.8. The Labute approximate surface area is 158 Å². The highest BCUT2D eigenvalue weighted by Crippen LogP contribution is 2.21. The summed E-state index contributed by atoms with van der Waals surface area (Å²) in [5.41, 5.74) is 3.04. The second-order valence-electron chi connectivity index (χ2n) is 6.37. The van der Waals surface area contributed by atoms with Gasteiger partial charge in [0, 0.05) is 12.1 Å². The number of Topliss-reactive ketones (excluding diaryl/α,β-unsaturated/α-hetero) is 1. The fourth-order valence-electron chi connectivity index (χ4n) is 2.76. The second-order valence-corrected chi connectivity index (χ2v) is 6.37. The molecule has 142 valence electrons. The van der Waals surface area contributed by atoms with Crippen molar-refractivity contribution in [3.63, 3.8) is 0 Å². The van der Waals surface area contributed by atoms with Gasteiger partial charge >= 0.3 is 6.09 Å². The summed E-state index contributed by atoms with van der Waals surface area (Å²) in [6.45, 7) is 1.63. The second kappa shape index (κ2) is 10.1. The highest BCUT2D eigenvalue weighted by molar-refractivity contribution is 5.97. The van der Waals surface area contributed by atoms with Crippen molar-refractivity contribution < 1.29 is 19.5 Å². The van der Waals surface area contributed by atoms with Gasteiger partial charge in [0.1, 0.15) is 11.8 Å². The van der Waals surface area contributed by atoms with Gasteiger partial charge in [0.25, 0.3) is 0 Å². The zero-order valence-electron chi connectivity index (χ0n) is 15.3. The first-order valence-corrected chi connectivity index (χ1v) is 8.87. The Morgan fingerprint density at radius 2 is 1.78 bits per heavy atom. The number of nitrogens with one attached hydrogen (secondary N) is 2. The first-order chi connectivity index (χ1) is 13.0. The van der Waals surface area contributed by atoms with E-state index in [1.807, 2.05) is 54.6 Å². The highest BCUT2D eigenvalue weighted by Gasteiger charge is 2.24. The normalized spacial score (nSPS) is 15.3. The van der Waals surface area contributed by atoms with E-state index in [0.29, 0.717) is 19.3 Å². The number of hydrogen-bond acceptors (Lipinski definition) is 3. The van der Waals surface area contributed by atoms with Crippen LogP contribution >= 0.6 is 0 Å². The minimum atomic E-state index is -1.17. The van der Waals surface area contributed by atoms with E-state index in [2.05, 4.69) is 10.6 Å². The number of rotatable bonds is 4. The Bertz CT molecular complexity index is 790. The SMILES string of the molecule is CC(=O)CCc1ccccc1.O=C(O)N[C@@H]1CCc2ccccc2NC1=O. The fraction of sp³-hybridized carbons (Fsp3) is 0.286. The van der Waals surface area contributed by atoms with E-state index in [1.165, 1.54) is 5.56 Å². The number of ketones is 1. The number of carboxylic acid groups (broad SMARTS) is 1. The molecular formula is C21H24N2O4. The molecule has 1 atom stereocenters. The van der Waals surface area contributed by atoms with Crippen molar-refractivity contribution in [3.05, 3.63) is 65.7 Å². The molecular weight excluding hydrogens is 344 g/mol. The predicted molar refractivity (Wildman–Crippen MR) is 104 cm³/mol. The van der Waals surface area contributed by atoms with E-state index >= 15 is 0 Å². The predicted octanol–water partition coefficient (Wildman–Crippen LogP) is 3.42. The Balaban J connectivity index is 0.000000208. The Kier molecular flexibility index (Phi) is 7.55. The highest BCUT2D eigenvalue weighted by atomic mass is 16.4. The van der Waals surface area contributed by atoms with Gasteiger partial charge in [0.2, 0.25) is 5.91 Å². The topological polar surface area (TPSA) is 95.5 Å². The van der Waals surface area contributed by atoms with Crippen LogP contribution in [0, 0.1) is 0 Å². The number of benzene rings is 2. The van der Waals surface area contributed by atoms with Gasteiger partial charge in [-0.05, 0) is 43.4 Å². The standard InChI is InChI=1S/C11H12N2O3.C10H12O/c14-10-9(13-11(15)16)6-5-7-3-1-2-4-8(7)12-10;1-9(11)7-8-10-5-3-2-4-6-10/h1-4,9,13H,5-6H2,(H,12,14)(H,15,16);2-6H,7-8H2,1H3/t9-;/m1./s1. The van der Waals surface area contributed by atoms with Gasteiger partial charge in [-0.1, -0.05) is 48.5 Å². The van der Waals surface area contributed by atoms with Crippen molar-refractivity contribution in [2.75, 3.05) is 5.32 Å². The first-order valence-electron chi connectivity index (χ1n) is 8.87. The summed E-state index contributed by atoms with van der Waals surface area (Å²) in [5.74, 6) is -0.0406. The molecule has 3 rings (SSSR count). The van der Waals surface area contributed by atoms with Crippen LogP contribution in [0.1, 0.15) is 30.9 Å². The van der Waals surface area contributed by atoms with Crippen LogP contribution in [0.25, 0.3) is 0 Å². The van der Waals surface area contributed by atoms with Gasteiger partial charge in [-0.2, -0.15) is 0 Å². The Hall–Kier alpha value is -3.15. The van der Waals surface area contributed by atoms with E-state index < -0.39 is 12.1 Å². The lowest BCUT2D eigenvalue weighted by Gasteiger charge is -2.12. The van der Waals surface area contributed by atoms with Crippen LogP contribution in [-0.2, 0) is 22.4 Å². The van der Waals surface area contributed by atoms with Gasteiger partial charge in [-0.15, -0.1) is 0 Å². The maximum absolute atomic E-state index is 11.7. The maximum atomic E-state index is 11.7. The van der Waals surface area contributed by atoms with Crippen LogP contribution in [0.15, 0.2) is 54.6 Å². The zero-order chi connectivity index (χ0) is 19.6. The van der Waals surface area contributed by atoms with Crippen molar-refractivity contribution in [3.8, 4) is 0 Å². The monoisotopic (exact) mass is 368 g/mol. The van der Waals surface area contributed by atoms with E-state index in [9.17, 15) is 14.4 Å². The molecule has 0 spiro atoms. The van der Waals surface area contributed by atoms with E-state index in [0.717, 1.165) is 17.7 Å². The summed E-state index contributed by atoms with van der Waals surface area (Å²) < 4.78 is 0. The number of hydrogen-bond donors (Lipinski definition) is 3. The van der Waals surface area contributed by atoms with Crippen molar-refractivity contribution in [1.29, 1.82) is 0 Å². The molecule has 0 aromatic heterocycles. The third-order valence-electron chi connectivity index (χ3n) is 4.20. The van der Waals surface area contributed by atoms with E-state index in [-0.39, 0.29) is 11.7 Å². The summed E-state index contributed by atoms with van der Waals surface area (Å²) in [6.07, 6.45) is 1.51. The molecule has 1 aliphatic heterocycles. The molecule has 0 aliphatic carbocycles. The van der Waals surface area contributed by atoms with Crippen molar-refractivity contribution in [2.24, 2.45) is 0 Å². The van der Waals surface area contributed by atoms with Crippen LogP contribution < -0.4 is 10.6 Å². The van der Waals surface area contributed by atoms with Crippen LogP contribution in [0.5, 0.6) is 0 Å². The molecule has 2 amide bonds. The minimum Gasteiger partial charge on any atom is -0.465 e. The molecule has 2 aromatic carbocycles. The zero-order valence-corrected chi connectivity index (χ0v) is 15.3. The molecule has 1 aliphatic rings. The number of carbonyl (C=O) groups excluding carboxylic acids is 2. The van der Waals surface area contributed by atoms with Crippen LogP contribution in [-0.4, -0.2) is 28.9 Å². The van der Waals surface area contributed by atoms with Gasteiger partial charge in [0.15, 0.2) is 0 Å². The fourth-order valence-corrected chi connectivity index (χ4v) is 2.76. The molecule has 0 radical (unpaired) electrons. The largest absolute Gasteiger partial charge is 0.465 e. The number of carbonyl (C=O) groups is 3. The molecule has 27 heavy (non-hydrogen) atoms. The van der Waals surface area contributed by atoms with Crippen LogP contribution in [0.3, 0.4) is 0 Å². The van der Waals surface area contributed by atoms with Crippen molar-refractivity contribution in [2.45, 2.75) is 38.6 Å². The lowest BCUT2D eigenvalue weighted by Crippen LogP contribution is -2.42. The molecule has 0 saturated heterocycles. The van der Waals surface area contributed by atoms with Gasteiger partial charge in [0.05, 0.1) is 0 Å². The summed E-state index contributed by atoms with van der Waals surface area (Å²) >= 11 is 0. The number of fused-ring (bicyclic) bond motifs is 1. The quantitative estimate of drug-likeness (QED) is 0.770. The lowest BCUT2D eigenvalue weighted by molar-refractivity contribution is -0.118. The average molecular weight is 368 g/mol. The van der Waals surface area contributed by atoms with E-state index in [1.54, 1.807) is 6.92 Å².